The number of pyridine rings is 1. The second kappa shape index (κ2) is 9.70. The van der Waals surface area contributed by atoms with Crippen molar-refractivity contribution in [2.75, 3.05) is 38.0 Å². The van der Waals surface area contributed by atoms with Crippen molar-refractivity contribution in [3.05, 3.63) is 59.9 Å². The number of para-hydroxylation sites is 1. The maximum absolute atomic E-state index is 12.7. The van der Waals surface area contributed by atoms with Crippen LogP contribution in [0.5, 0.6) is 0 Å². The van der Waals surface area contributed by atoms with Gasteiger partial charge in [0, 0.05) is 57.5 Å². The third-order valence-corrected chi connectivity index (χ3v) is 5.83. The molecule has 0 saturated carbocycles. The summed E-state index contributed by atoms with van der Waals surface area (Å²) in [5, 5.41) is 5.53. The van der Waals surface area contributed by atoms with E-state index in [-0.39, 0.29) is 30.6 Å². The van der Waals surface area contributed by atoms with E-state index < -0.39 is 6.04 Å². The third-order valence-electron chi connectivity index (χ3n) is 5.83. The Labute approximate surface area is 181 Å². The van der Waals surface area contributed by atoms with Gasteiger partial charge in [-0.25, -0.2) is 0 Å². The zero-order valence-corrected chi connectivity index (χ0v) is 17.4. The molecule has 8 heteroatoms. The van der Waals surface area contributed by atoms with Gasteiger partial charge in [-0.15, -0.1) is 0 Å². The van der Waals surface area contributed by atoms with Crippen LogP contribution in [0.1, 0.15) is 28.9 Å². The second-order valence-corrected chi connectivity index (χ2v) is 7.89. The molecule has 8 nitrogen and oxygen atoms in total. The number of carbonyl (C=O) groups excluding carboxylic acids is 3. The Hall–Kier alpha value is -3.26. The van der Waals surface area contributed by atoms with Gasteiger partial charge >= 0.3 is 0 Å². The number of amides is 3. The minimum absolute atomic E-state index is 0.0215. The van der Waals surface area contributed by atoms with Crippen LogP contribution in [-0.2, 0) is 16.0 Å². The first-order valence-corrected chi connectivity index (χ1v) is 10.7. The predicted molar refractivity (Wildman–Crippen MR) is 117 cm³/mol. The molecule has 3 amide bonds. The molecule has 1 aromatic heterocycles. The zero-order valence-electron chi connectivity index (χ0n) is 17.4. The number of fused-ring (bicyclic) bond motifs is 1. The fraction of sp³-hybridized carbons (Fsp3) is 0.391. The lowest BCUT2D eigenvalue weighted by Crippen LogP contribution is -2.49. The molecule has 0 radical (unpaired) electrons. The number of anilines is 1. The van der Waals surface area contributed by atoms with Gasteiger partial charge in [0.1, 0.15) is 6.04 Å². The maximum atomic E-state index is 12.7. The Kier molecular flexibility index (Phi) is 6.57. The van der Waals surface area contributed by atoms with E-state index in [1.807, 2.05) is 29.3 Å². The summed E-state index contributed by atoms with van der Waals surface area (Å²) in [6, 6.07) is 12.1. The summed E-state index contributed by atoms with van der Waals surface area (Å²) >= 11 is 0. The fourth-order valence-corrected chi connectivity index (χ4v) is 3.98. The summed E-state index contributed by atoms with van der Waals surface area (Å²) in [4.78, 5) is 46.1. The molecule has 0 bridgehead atoms. The van der Waals surface area contributed by atoms with Crippen molar-refractivity contribution in [1.82, 2.24) is 20.1 Å². The highest BCUT2D eigenvalue weighted by molar-refractivity contribution is 6.09. The van der Waals surface area contributed by atoms with Gasteiger partial charge in [-0.3, -0.25) is 24.3 Å². The van der Waals surface area contributed by atoms with Crippen molar-refractivity contribution >= 4 is 23.4 Å². The summed E-state index contributed by atoms with van der Waals surface area (Å²) in [7, 11) is 0. The quantitative estimate of drug-likeness (QED) is 0.733. The van der Waals surface area contributed by atoms with Gasteiger partial charge in [0.25, 0.3) is 5.91 Å². The topological polar surface area (TPSA) is 94.6 Å². The number of hydrogen-bond donors (Lipinski definition) is 2. The fourth-order valence-electron chi connectivity index (χ4n) is 3.98. The number of nitrogens with one attached hydrogen (secondary N) is 2. The number of hydrogen-bond acceptors (Lipinski definition) is 5. The van der Waals surface area contributed by atoms with Gasteiger partial charge in [0.05, 0.1) is 11.3 Å². The molecule has 31 heavy (non-hydrogen) atoms. The van der Waals surface area contributed by atoms with E-state index in [2.05, 4.69) is 20.5 Å². The minimum Gasteiger partial charge on any atom is -0.340 e. The van der Waals surface area contributed by atoms with Crippen LogP contribution >= 0.6 is 0 Å². The van der Waals surface area contributed by atoms with Crippen LogP contribution in [0.15, 0.2) is 48.7 Å². The maximum Gasteiger partial charge on any atom is 0.254 e. The first kappa shape index (κ1) is 21.0. The molecule has 0 spiro atoms. The number of piperazine rings is 1. The van der Waals surface area contributed by atoms with Crippen molar-refractivity contribution < 1.29 is 14.4 Å². The van der Waals surface area contributed by atoms with Crippen LogP contribution in [0, 0.1) is 0 Å². The van der Waals surface area contributed by atoms with Gasteiger partial charge < -0.3 is 15.5 Å². The predicted octanol–water partition coefficient (Wildman–Crippen LogP) is 1.30. The minimum atomic E-state index is -0.719. The van der Waals surface area contributed by atoms with E-state index >= 15 is 0 Å². The second-order valence-electron chi connectivity index (χ2n) is 7.89. The Morgan fingerprint density at radius 3 is 2.58 bits per heavy atom. The van der Waals surface area contributed by atoms with E-state index in [9.17, 15) is 14.4 Å². The van der Waals surface area contributed by atoms with E-state index in [0.29, 0.717) is 24.3 Å². The third kappa shape index (κ3) is 5.27. The van der Waals surface area contributed by atoms with E-state index in [0.717, 1.165) is 31.7 Å². The standard InChI is InChI=1S/C23H27N5O3/c29-21(28-15-13-27(14-16-28)12-10-17-5-3-4-11-24-17)9-8-20-23(31)25-19-7-2-1-6-18(19)22(30)26-20/h1-7,11,20H,8-10,12-16H2,(H,25,31)(H,26,30). The molecule has 2 aliphatic rings. The van der Waals surface area contributed by atoms with Crippen LogP contribution in [0.4, 0.5) is 5.69 Å². The average Bonchev–Trinajstić information content (AvgIpc) is 2.93. The number of rotatable bonds is 6. The molecule has 1 fully saturated rings. The van der Waals surface area contributed by atoms with Gasteiger partial charge in [-0.2, -0.15) is 0 Å². The highest BCUT2D eigenvalue weighted by Crippen LogP contribution is 2.19. The molecule has 1 aromatic carbocycles. The van der Waals surface area contributed by atoms with Crippen LogP contribution < -0.4 is 10.6 Å². The molecule has 162 valence electrons. The summed E-state index contributed by atoms with van der Waals surface area (Å²) in [6.45, 7) is 3.93. The van der Waals surface area contributed by atoms with Crippen molar-refractivity contribution in [2.24, 2.45) is 0 Å². The molecule has 2 aliphatic heterocycles. The van der Waals surface area contributed by atoms with Gasteiger partial charge in [0.15, 0.2) is 0 Å². The zero-order chi connectivity index (χ0) is 21.6. The first-order valence-electron chi connectivity index (χ1n) is 10.7. The van der Waals surface area contributed by atoms with Crippen molar-refractivity contribution in [1.29, 1.82) is 0 Å². The van der Waals surface area contributed by atoms with Gasteiger partial charge in [0.2, 0.25) is 11.8 Å². The molecule has 3 heterocycles. The Balaban J connectivity index is 1.22. The lowest BCUT2D eigenvalue weighted by Gasteiger charge is -2.35. The average molecular weight is 422 g/mol. The first-order chi connectivity index (χ1) is 15.1. The van der Waals surface area contributed by atoms with Crippen molar-refractivity contribution in [3.63, 3.8) is 0 Å². The largest absolute Gasteiger partial charge is 0.340 e. The van der Waals surface area contributed by atoms with Gasteiger partial charge in [-0.05, 0) is 30.7 Å². The normalized spacial score (nSPS) is 19.2. The van der Waals surface area contributed by atoms with Crippen molar-refractivity contribution in [2.45, 2.75) is 25.3 Å². The van der Waals surface area contributed by atoms with Gasteiger partial charge in [-0.1, -0.05) is 18.2 Å². The highest BCUT2D eigenvalue weighted by atomic mass is 16.2. The number of benzene rings is 1. The van der Waals surface area contributed by atoms with Crippen molar-refractivity contribution in [3.8, 4) is 0 Å². The summed E-state index contributed by atoms with van der Waals surface area (Å²) < 4.78 is 0. The SMILES string of the molecule is O=C1NC(CCC(=O)N2CCN(CCc3ccccn3)CC2)C(=O)Nc2ccccc21. The molecular formula is C23H27N5O3. The van der Waals surface area contributed by atoms with Crippen LogP contribution in [-0.4, -0.2) is 71.3 Å². The smallest absolute Gasteiger partial charge is 0.254 e. The molecule has 0 aliphatic carbocycles. The lowest BCUT2D eigenvalue weighted by molar-refractivity contribution is -0.133. The molecule has 2 aromatic rings. The number of carbonyl (C=O) groups is 3. The van der Waals surface area contributed by atoms with Crippen LogP contribution in [0.2, 0.25) is 0 Å². The molecule has 1 atom stereocenters. The van der Waals surface area contributed by atoms with Crippen LogP contribution in [0.3, 0.4) is 0 Å². The molecular weight excluding hydrogens is 394 g/mol. The summed E-state index contributed by atoms with van der Waals surface area (Å²) in [5.74, 6) is -0.563. The monoisotopic (exact) mass is 421 g/mol. The van der Waals surface area contributed by atoms with E-state index in [1.54, 1.807) is 24.3 Å². The highest BCUT2D eigenvalue weighted by Gasteiger charge is 2.29. The molecule has 1 saturated heterocycles. The summed E-state index contributed by atoms with van der Waals surface area (Å²) in [5.41, 5.74) is 2.01. The Bertz CT molecular complexity index is 941. The molecule has 2 N–H and O–H groups in total. The number of aromatic nitrogens is 1. The lowest BCUT2D eigenvalue weighted by atomic mass is 10.1. The summed E-state index contributed by atoms with van der Waals surface area (Å²) in [6.07, 6.45) is 3.21. The number of nitrogens with zero attached hydrogens (tertiary/aromatic N) is 3. The molecule has 1 unspecified atom stereocenters. The van der Waals surface area contributed by atoms with E-state index in [1.165, 1.54) is 0 Å². The Morgan fingerprint density at radius 1 is 1.03 bits per heavy atom. The van der Waals surface area contributed by atoms with Crippen LogP contribution in [0.25, 0.3) is 0 Å². The molecule has 4 rings (SSSR count). The van der Waals surface area contributed by atoms with E-state index in [4.69, 9.17) is 0 Å². The Morgan fingerprint density at radius 2 is 1.81 bits per heavy atom.